The van der Waals surface area contributed by atoms with Gasteiger partial charge in [-0.05, 0) is 23.7 Å². The van der Waals surface area contributed by atoms with Crippen LogP contribution in [0.5, 0.6) is 0 Å². The summed E-state index contributed by atoms with van der Waals surface area (Å²) in [5, 5.41) is 8.74. The molecule has 0 heterocycles. The highest BCUT2D eigenvalue weighted by atomic mass is 16.3. The van der Waals surface area contributed by atoms with Gasteiger partial charge in [0.1, 0.15) is 0 Å². The van der Waals surface area contributed by atoms with E-state index in [0.29, 0.717) is 17.9 Å². The molecule has 1 heteroatoms. The van der Waals surface area contributed by atoms with Gasteiger partial charge in [0.15, 0.2) is 0 Å². The zero-order valence-corrected chi connectivity index (χ0v) is 6.52. The SMILES string of the molecule is CC(C)(C)[C@H]1C[C@H]1CO. The second-order valence-corrected chi connectivity index (χ2v) is 4.15. The Bertz CT molecular complexity index is 102. The molecule has 2 atom stereocenters. The van der Waals surface area contributed by atoms with Gasteiger partial charge in [0.05, 0.1) is 0 Å². The Labute approximate surface area is 57.1 Å². The Kier molecular flexibility index (Phi) is 1.55. The van der Waals surface area contributed by atoms with E-state index < -0.39 is 0 Å². The standard InChI is InChI=1S/C8H16O/c1-8(2,3)7-4-6(7)5-9/h6-7,9H,4-5H2,1-3H3/t6-,7-/m0/s1. The van der Waals surface area contributed by atoms with Crippen LogP contribution in [0.2, 0.25) is 0 Å². The van der Waals surface area contributed by atoms with Crippen LogP contribution in [0.25, 0.3) is 0 Å². The average molecular weight is 128 g/mol. The Morgan fingerprint density at radius 2 is 2.00 bits per heavy atom. The van der Waals surface area contributed by atoms with E-state index in [2.05, 4.69) is 20.8 Å². The van der Waals surface area contributed by atoms with Gasteiger partial charge in [-0.2, -0.15) is 0 Å². The molecule has 0 aromatic carbocycles. The molecule has 1 fully saturated rings. The van der Waals surface area contributed by atoms with Gasteiger partial charge in [-0.3, -0.25) is 0 Å². The van der Waals surface area contributed by atoms with Crippen molar-refractivity contribution in [1.29, 1.82) is 0 Å². The second-order valence-electron chi connectivity index (χ2n) is 4.15. The van der Waals surface area contributed by atoms with Crippen LogP contribution in [-0.4, -0.2) is 11.7 Å². The van der Waals surface area contributed by atoms with Crippen molar-refractivity contribution in [3.8, 4) is 0 Å². The third kappa shape index (κ3) is 1.45. The van der Waals surface area contributed by atoms with Gasteiger partial charge in [0.25, 0.3) is 0 Å². The zero-order chi connectivity index (χ0) is 7.07. The van der Waals surface area contributed by atoms with Crippen LogP contribution in [-0.2, 0) is 0 Å². The van der Waals surface area contributed by atoms with Crippen molar-refractivity contribution < 1.29 is 5.11 Å². The summed E-state index contributed by atoms with van der Waals surface area (Å²) in [6.07, 6.45) is 1.24. The van der Waals surface area contributed by atoms with Crippen LogP contribution in [0.15, 0.2) is 0 Å². The predicted octanol–water partition coefficient (Wildman–Crippen LogP) is 1.66. The van der Waals surface area contributed by atoms with Gasteiger partial charge < -0.3 is 5.11 Å². The summed E-state index contributed by atoms with van der Waals surface area (Å²) in [5.74, 6) is 1.40. The van der Waals surface area contributed by atoms with E-state index in [4.69, 9.17) is 5.11 Å². The molecule has 0 bridgehead atoms. The molecule has 1 aliphatic rings. The highest BCUT2D eigenvalue weighted by Gasteiger charge is 2.44. The van der Waals surface area contributed by atoms with Gasteiger partial charge in [-0.25, -0.2) is 0 Å². The molecule has 1 N–H and O–H groups in total. The quantitative estimate of drug-likeness (QED) is 0.569. The second kappa shape index (κ2) is 1.98. The van der Waals surface area contributed by atoms with E-state index in [1.807, 2.05) is 0 Å². The molecule has 54 valence electrons. The molecule has 1 rings (SSSR count). The molecule has 1 aliphatic carbocycles. The molecular formula is C8H16O. The molecule has 0 radical (unpaired) electrons. The minimum absolute atomic E-state index is 0.391. The summed E-state index contributed by atoms with van der Waals surface area (Å²) >= 11 is 0. The van der Waals surface area contributed by atoms with E-state index in [1.165, 1.54) is 6.42 Å². The van der Waals surface area contributed by atoms with Crippen LogP contribution in [0.4, 0.5) is 0 Å². The van der Waals surface area contributed by atoms with E-state index in [1.54, 1.807) is 0 Å². The van der Waals surface area contributed by atoms with Crippen LogP contribution < -0.4 is 0 Å². The van der Waals surface area contributed by atoms with Crippen molar-refractivity contribution in [2.75, 3.05) is 6.61 Å². The lowest BCUT2D eigenvalue weighted by molar-refractivity contribution is 0.239. The van der Waals surface area contributed by atoms with Crippen molar-refractivity contribution >= 4 is 0 Å². The fraction of sp³-hybridized carbons (Fsp3) is 1.00. The van der Waals surface area contributed by atoms with E-state index in [-0.39, 0.29) is 0 Å². The first-order valence-corrected chi connectivity index (χ1v) is 3.66. The Hall–Kier alpha value is -0.0400. The largest absolute Gasteiger partial charge is 0.396 e. The monoisotopic (exact) mass is 128 g/mol. The minimum atomic E-state index is 0.391. The zero-order valence-electron chi connectivity index (χ0n) is 6.52. The Balaban J connectivity index is 2.33. The molecule has 0 unspecified atom stereocenters. The van der Waals surface area contributed by atoms with E-state index in [9.17, 15) is 0 Å². The van der Waals surface area contributed by atoms with Gasteiger partial charge in [-0.1, -0.05) is 20.8 Å². The number of hydrogen-bond donors (Lipinski definition) is 1. The molecule has 0 spiro atoms. The van der Waals surface area contributed by atoms with Gasteiger partial charge in [-0.15, -0.1) is 0 Å². The smallest absolute Gasteiger partial charge is 0.0462 e. The lowest BCUT2D eigenvalue weighted by Crippen LogP contribution is -2.10. The maximum atomic E-state index is 8.74. The maximum Gasteiger partial charge on any atom is 0.0462 e. The first kappa shape index (κ1) is 7.07. The molecule has 0 aromatic heterocycles. The van der Waals surface area contributed by atoms with Crippen molar-refractivity contribution in [2.24, 2.45) is 17.3 Å². The third-order valence-electron chi connectivity index (χ3n) is 2.27. The van der Waals surface area contributed by atoms with Gasteiger partial charge in [0.2, 0.25) is 0 Å². The Morgan fingerprint density at radius 1 is 1.44 bits per heavy atom. The van der Waals surface area contributed by atoms with Crippen LogP contribution >= 0.6 is 0 Å². The normalized spacial score (nSPS) is 34.7. The van der Waals surface area contributed by atoms with Crippen molar-refractivity contribution in [3.05, 3.63) is 0 Å². The highest BCUT2D eigenvalue weighted by molar-refractivity contribution is 4.93. The first-order chi connectivity index (χ1) is 4.05. The van der Waals surface area contributed by atoms with Crippen LogP contribution in [0.3, 0.4) is 0 Å². The molecule has 0 aromatic rings. The van der Waals surface area contributed by atoms with Crippen molar-refractivity contribution in [1.82, 2.24) is 0 Å². The summed E-state index contributed by atoms with van der Waals surface area (Å²) in [6, 6.07) is 0. The van der Waals surface area contributed by atoms with Crippen molar-refractivity contribution in [3.63, 3.8) is 0 Å². The summed E-state index contributed by atoms with van der Waals surface area (Å²) in [4.78, 5) is 0. The highest BCUT2D eigenvalue weighted by Crippen LogP contribution is 2.50. The first-order valence-electron chi connectivity index (χ1n) is 3.66. The Morgan fingerprint density at radius 3 is 2.11 bits per heavy atom. The summed E-state index contributed by atoms with van der Waals surface area (Å²) in [5.41, 5.74) is 0.424. The molecule has 1 saturated carbocycles. The maximum absolute atomic E-state index is 8.74. The van der Waals surface area contributed by atoms with Crippen molar-refractivity contribution in [2.45, 2.75) is 27.2 Å². The fourth-order valence-electron chi connectivity index (χ4n) is 1.51. The summed E-state index contributed by atoms with van der Waals surface area (Å²) in [6.45, 7) is 7.12. The van der Waals surface area contributed by atoms with E-state index >= 15 is 0 Å². The summed E-state index contributed by atoms with van der Waals surface area (Å²) < 4.78 is 0. The third-order valence-corrected chi connectivity index (χ3v) is 2.27. The lowest BCUT2D eigenvalue weighted by atomic mass is 9.89. The minimum Gasteiger partial charge on any atom is -0.396 e. The summed E-state index contributed by atoms with van der Waals surface area (Å²) in [7, 11) is 0. The number of rotatable bonds is 1. The number of hydrogen-bond acceptors (Lipinski definition) is 1. The average Bonchev–Trinajstić information content (AvgIpc) is 2.39. The molecular weight excluding hydrogens is 112 g/mol. The molecule has 1 nitrogen and oxygen atoms in total. The number of aliphatic hydroxyl groups is 1. The van der Waals surface area contributed by atoms with Gasteiger partial charge >= 0.3 is 0 Å². The van der Waals surface area contributed by atoms with Crippen LogP contribution in [0.1, 0.15) is 27.2 Å². The van der Waals surface area contributed by atoms with E-state index in [0.717, 1.165) is 5.92 Å². The number of aliphatic hydroxyl groups excluding tert-OH is 1. The van der Waals surface area contributed by atoms with Gasteiger partial charge in [0, 0.05) is 6.61 Å². The lowest BCUT2D eigenvalue weighted by Gasteiger charge is -2.17. The molecule has 0 amide bonds. The molecule has 9 heavy (non-hydrogen) atoms. The van der Waals surface area contributed by atoms with Crippen LogP contribution in [0, 0.1) is 17.3 Å². The predicted molar refractivity (Wildman–Crippen MR) is 38.1 cm³/mol. The topological polar surface area (TPSA) is 20.2 Å². The fourth-order valence-corrected chi connectivity index (χ4v) is 1.51. The molecule has 0 saturated heterocycles. The molecule has 0 aliphatic heterocycles.